The first-order chi connectivity index (χ1) is 8.08. The highest BCUT2D eigenvalue weighted by Crippen LogP contribution is 2.15. The summed E-state index contributed by atoms with van der Waals surface area (Å²) in [6.07, 6.45) is 1.40. The Morgan fingerprint density at radius 3 is 2.76 bits per heavy atom. The van der Waals surface area contributed by atoms with E-state index in [0.717, 1.165) is 0 Å². The molecule has 1 rings (SSSR count). The molecule has 0 radical (unpaired) electrons. The summed E-state index contributed by atoms with van der Waals surface area (Å²) in [4.78, 5) is 21.1. The first-order valence-corrected chi connectivity index (χ1v) is 5.75. The quantitative estimate of drug-likeness (QED) is 0.769. The Balaban J connectivity index is 2.61. The molecule has 0 saturated carbocycles. The molecule has 1 aromatic rings. The van der Waals surface area contributed by atoms with Crippen molar-refractivity contribution in [2.45, 2.75) is 13.8 Å². The number of carbonyl (C=O) groups is 1. The van der Waals surface area contributed by atoms with E-state index < -0.39 is 0 Å². The number of hydrogen-bond acceptors (Lipinski definition) is 5. The van der Waals surface area contributed by atoms with E-state index >= 15 is 0 Å². The fourth-order valence-electron chi connectivity index (χ4n) is 1.36. The van der Waals surface area contributed by atoms with Crippen molar-refractivity contribution in [2.75, 3.05) is 30.7 Å². The van der Waals surface area contributed by atoms with Crippen molar-refractivity contribution in [2.24, 2.45) is 0 Å². The molecule has 0 saturated heterocycles. The standard InChI is InChI=1S/C10H16ClN5O/c1-3-16(4-2)8(17)6-13-9-7(12)5-14-10(11)15-9/h5H,3-4,6,12H2,1-2H3,(H,13,14,15). The molecule has 7 heteroatoms. The summed E-state index contributed by atoms with van der Waals surface area (Å²) < 4.78 is 0. The van der Waals surface area contributed by atoms with E-state index in [-0.39, 0.29) is 17.7 Å². The fourth-order valence-corrected chi connectivity index (χ4v) is 1.49. The summed E-state index contributed by atoms with van der Waals surface area (Å²) in [6, 6.07) is 0. The number of rotatable bonds is 5. The largest absolute Gasteiger partial charge is 0.394 e. The summed E-state index contributed by atoms with van der Waals surface area (Å²) in [5, 5.41) is 2.95. The maximum atomic E-state index is 11.7. The molecule has 3 N–H and O–H groups in total. The van der Waals surface area contributed by atoms with Crippen LogP contribution in [0, 0.1) is 0 Å². The van der Waals surface area contributed by atoms with E-state index in [1.165, 1.54) is 6.20 Å². The molecule has 0 bridgehead atoms. The molecular formula is C10H16ClN5O. The molecule has 0 aliphatic carbocycles. The van der Waals surface area contributed by atoms with Crippen molar-refractivity contribution < 1.29 is 4.79 Å². The van der Waals surface area contributed by atoms with Gasteiger partial charge >= 0.3 is 0 Å². The molecule has 0 fully saturated rings. The highest BCUT2D eigenvalue weighted by molar-refractivity contribution is 6.28. The van der Waals surface area contributed by atoms with Gasteiger partial charge in [0.05, 0.1) is 18.4 Å². The van der Waals surface area contributed by atoms with Crippen LogP contribution in [0.3, 0.4) is 0 Å². The van der Waals surface area contributed by atoms with Gasteiger partial charge in [-0.1, -0.05) is 0 Å². The number of likely N-dealkylation sites (N-methyl/N-ethyl adjacent to an activating group) is 1. The monoisotopic (exact) mass is 257 g/mol. The average molecular weight is 258 g/mol. The minimum Gasteiger partial charge on any atom is -0.394 e. The molecule has 0 aliphatic rings. The van der Waals surface area contributed by atoms with Crippen LogP contribution < -0.4 is 11.1 Å². The Kier molecular flexibility index (Phi) is 4.96. The van der Waals surface area contributed by atoms with Gasteiger partial charge in [-0.15, -0.1) is 0 Å². The first-order valence-electron chi connectivity index (χ1n) is 5.38. The van der Waals surface area contributed by atoms with E-state index in [4.69, 9.17) is 17.3 Å². The SMILES string of the molecule is CCN(CC)C(=O)CNc1nc(Cl)ncc1N. The number of hydrogen-bond donors (Lipinski definition) is 2. The molecule has 1 heterocycles. The third-order valence-corrected chi connectivity index (χ3v) is 2.49. The van der Waals surface area contributed by atoms with Crippen LogP contribution in [0.2, 0.25) is 5.28 Å². The lowest BCUT2D eigenvalue weighted by Gasteiger charge is -2.19. The van der Waals surface area contributed by atoms with Gasteiger partial charge in [-0.25, -0.2) is 4.98 Å². The van der Waals surface area contributed by atoms with Gasteiger partial charge in [0.15, 0.2) is 5.82 Å². The van der Waals surface area contributed by atoms with Crippen LogP contribution in [0.4, 0.5) is 11.5 Å². The lowest BCUT2D eigenvalue weighted by molar-refractivity contribution is -0.128. The molecule has 17 heavy (non-hydrogen) atoms. The molecule has 1 amide bonds. The van der Waals surface area contributed by atoms with Crippen molar-refractivity contribution in [3.05, 3.63) is 11.5 Å². The van der Waals surface area contributed by atoms with E-state index in [0.29, 0.717) is 24.6 Å². The predicted octanol–water partition coefficient (Wildman–Crippen LogP) is 0.992. The zero-order chi connectivity index (χ0) is 12.8. The maximum Gasteiger partial charge on any atom is 0.241 e. The van der Waals surface area contributed by atoms with Crippen LogP contribution in [-0.4, -0.2) is 40.4 Å². The normalized spacial score (nSPS) is 10.1. The summed E-state index contributed by atoms with van der Waals surface area (Å²) in [6.45, 7) is 5.35. The van der Waals surface area contributed by atoms with Crippen LogP contribution in [0.25, 0.3) is 0 Å². The Hall–Kier alpha value is -1.56. The number of anilines is 2. The molecule has 0 spiro atoms. The van der Waals surface area contributed by atoms with Crippen LogP contribution in [0.15, 0.2) is 6.20 Å². The van der Waals surface area contributed by atoms with Gasteiger partial charge in [0.1, 0.15) is 0 Å². The van der Waals surface area contributed by atoms with E-state index in [9.17, 15) is 4.79 Å². The number of nitrogen functional groups attached to an aromatic ring is 1. The maximum absolute atomic E-state index is 11.7. The van der Waals surface area contributed by atoms with Crippen molar-refractivity contribution in [3.8, 4) is 0 Å². The summed E-state index contributed by atoms with van der Waals surface area (Å²) in [5.74, 6) is 0.370. The second kappa shape index (κ2) is 6.24. The molecule has 0 unspecified atom stereocenters. The van der Waals surface area contributed by atoms with Crippen molar-refractivity contribution in [1.29, 1.82) is 0 Å². The summed E-state index contributed by atoms with van der Waals surface area (Å²) >= 11 is 5.64. The minimum absolute atomic E-state index is 0.0101. The van der Waals surface area contributed by atoms with E-state index in [2.05, 4.69) is 15.3 Å². The third-order valence-electron chi connectivity index (χ3n) is 2.31. The van der Waals surface area contributed by atoms with Gasteiger partial charge in [0.2, 0.25) is 11.2 Å². The smallest absolute Gasteiger partial charge is 0.241 e. The number of nitrogens with two attached hydrogens (primary N) is 1. The van der Waals surface area contributed by atoms with Gasteiger partial charge in [-0.2, -0.15) is 4.98 Å². The Labute approximate surface area is 105 Å². The number of halogens is 1. The predicted molar refractivity (Wildman–Crippen MR) is 67.9 cm³/mol. The Bertz CT molecular complexity index is 394. The zero-order valence-electron chi connectivity index (χ0n) is 9.90. The van der Waals surface area contributed by atoms with E-state index in [1.54, 1.807) is 4.90 Å². The summed E-state index contributed by atoms with van der Waals surface area (Å²) in [7, 11) is 0. The molecule has 0 atom stereocenters. The van der Waals surface area contributed by atoms with Crippen molar-refractivity contribution in [3.63, 3.8) is 0 Å². The average Bonchev–Trinajstić information content (AvgIpc) is 2.32. The van der Waals surface area contributed by atoms with Crippen LogP contribution in [0.5, 0.6) is 0 Å². The Morgan fingerprint density at radius 2 is 2.18 bits per heavy atom. The number of aromatic nitrogens is 2. The van der Waals surface area contributed by atoms with Gasteiger partial charge in [-0.05, 0) is 25.4 Å². The topological polar surface area (TPSA) is 84.1 Å². The number of nitrogens with one attached hydrogen (secondary N) is 1. The lowest BCUT2D eigenvalue weighted by Crippen LogP contribution is -2.35. The van der Waals surface area contributed by atoms with Gasteiger partial charge < -0.3 is 16.0 Å². The highest BCUT2D eigenvalue weighted by atomic mass is 35.5. The lowest BCUT2D eigenvalue weighted by atomic mass is 10.4. The number of amides is 1. The Morgan fingerprint density at radius 1 is 1.53 bits per heavy atom. The van der Waals surface area contributed by atoms with Crippen molar-refractivity contribution >= 4 is 29.0 Å². The van der Waals surface area contributed by atoms with Crippen LogP contribution in [-0.2, 0) is 4.79 Å². The molecule has 0 aliphatic heterocycles. The molecule has 0 aromatic carbocycles. The zero-order valence-corrected chi connectivity index (χ0v) is 10.7. The van der Waals surface area contributed by atoms with Crippen LogP contribution in [0.1, 0.15) is 13.8 Å². The summed E-state index contributed by atoms with van der Waals surface area (Å²) in [5.41, 5.74) is 6.01. The highest BCUT2D eigenvalue weighted by Gasteiger charge is 2.10. The third kappa shape index (κ3) is 3.74. The van der Waals surface area contributed by atoms with Gasteiger partial charge in [-0.3, -0.25) is 4.79 Å². The number of carbonyl (C=O) groups excluding carboxylic acids is 1. The fraction of sp³-hybridized carbons (Fsp3) is 0.500. The minimum atomic E-state index is -0.0101. The molecule has 94 valence electrons. The first kappa shape index (κ1) is 13.5. The van der Waals surface area contributed by atoms with Crippen molar-refractivity contribution in [1.82, 2.24) is 14.9 Å². The van der Waals surface area contributed by atoms with E-state index in [1.807, 2.05) is 13.8 Å². The second-order valence-electron chi connectivity index (χ2n) is 3.36. The molecule has 1 aromatic heterocycles. The number of nitrogens with zero attached hydrogens (tertiary/aromatic N) is 3. The van der Waals surface area contributed by atoms with Gasteiger partial charge in [0.25, 0.3) is 0 Å². The van der Waals surface area contributed by atoms with Gasteiger partial charge in [0, 0.05) is 13.1 Å². The second-order valence-corrected chi connectivity index (χ2v) is 3.70. The molecule has 6 nitrogen and oxygen atoms in total. The van der Waals surface area contributed by atoms with Crippen LogP contribution >= 0.6 is 11.6 Å². The molecular weight excluding hydrogens is 242 g/mol.